The fourth-order valence-corrected chi connectivity index (χ4v) is 0.671. The minimum Gasteiger partial charge on any atom is -0.304 e. The summed E-state index contributed by atoms with van der Waals surface area (Å²) in [5.74, 6) is 0. The Morgan fingerprint density at radius 3 is 1.13 bits per heavy atom. The zero-order valence-electron chi connectivity index (χ0n) is 10.3. The molecule has 0 aromatic carbocycles. The Kier molecular flexibility index (Phi) is 28.4. The van der Waals surface area contributed by atoms with Crippen LogP contribution in [0.25, 0.3) is 0 Å². The summed E-state index contributed by atoms with van der Waals surface area (Å²) in [6, 6.07) is 0. The molecule has 0 aromatic rings. The van der Waals surface area contributed by atoms with Crippen molar-refractivity contribution in [2.45, 2.75) is 20.8 Å². The van der Waals surface area contributed by atoms with E-state index in [4.69, 9.17) is 35.1 Å². The first-order valence-electron chi connectivity index (χ1n) is 4.84. The van der Waals surface area contributed by atoms with Crippen molar-refractivity contribution in [1.29, 1.82) is 0 Å². The van der Waals surface area contributed by atoms with Gasteiger partial charge in [-0.1, -0.05) is 20.8 Å². The summed E-state index contributed by atoms with van der Waals surface area (Å²) in [5.41, 5.74) is 0. The largest absolute Gasteiger partial charge is 0.304 e. The third-order valence-corrected chi connectivity index (χ3v) is 1.76. The van der Waals surface area contributed by atoms with Crippen LogP contribution in [-0.2, 0) is 4.39 Å². The van der Waals surface area contributed by atoms with Crippen LogP contribution in [0.2, 0.25) is 0 Å². The van der Waals surface area contributed by atoms with Gasteiger partial charge in [0.15, 0.2) is 0 Å². The van der Waals surface area contributed by atoms with E-state index in [9.17, 15) is 0 Å². The number of hydroxylamine groups is 2. The van der Waals surface area contributed by atoms with Crippen molar-refractivity contribution in [2.75, 3.05) is 39.1 Å². The van der Waals surface area contributed by atoms with Crippen molar-refractivity contribution in [2.24, 2.45) is 0 Å². The highest BCUT2D eigenvalue weighted by molar-refractivity contribution is 6.40. The molecular formula is C9H23Cl3N2O. The van der Waals surface area contributed by atoms with E-state index < -0.39 is 0 Å². The van der Waals surface area contributed by atoms with Crippen LogP contribution in [0.1, 0.15) is 20.8 Å². The van der Waals surface area contributed by atoms with Gasteiger partial charge in [-0.2, -0.15) is 9.45 Å². The molecule has 0 aliphatic rings. The van der Waals surface area contributed by atoms with Crippen molar-refractivity contribution < 1.29 is 4.39 Å². The van der Waals surface area contributed by atoms with Gasteiger partial charge in [0.2, 0.25) is 0 Å². The molecule has 0 saturated carbocycles. The standard InChI is InChI=1S/C6H15N.C2H6ClNO.CH2Cl2/c1-4-7(5-2)6-3;1-4(2)5-3;2-1-3/h4-6H2,1-3H3;1-2H3;1H2. The van der Waals surface area contributed by atoms with Crippen molar-refractivity contribution in [3.63, 3.8) is 0 Å². The lowest BCUT2D eigenvalue weighted by molar-refractivity contribution is 0.00821. The lowest BCUT2D eigenvalue weighted by Crippen LogP contribution is -2.21. The van der Waals surface area contributed by atoms with Crippen LogP contribution in [0.15, 0.2) is 0 Å². The maximum absolute atomic E-state index is 4.76. The molecule has 0 amide bonds. The van der Waals surface area contributed by atoms with Gasteiger partial charge >= 0.3 is 0 Å². The van der Waals surface area contributed by atoms with Crippen LogP contribution >= 0.6 is 35.1 Å². The van der Waals surface area contributed by atoms with E-state index in [0.29, 0.717) is 0 Å². The van der Waals surface area contributed by atoms with E-state index in [2.05, 4.69) is 30.1 Å². The SMILES string of the molecule is CCN(CC)CC.CN(C)OCl.ClCCl. The third-order valence-electron chi connectivity index (χ3n) is 1.48. The van der Waals surface area contributed by atoms with E-state index in [-0.39, 0.29) is 5.34 Å². The van der Waals surface area contributed by atoms with Crippen molar-refractivity contribution in [3.05, 3.63) is 0 Å². The number of hydrogen-bond acceptors (Lipinski definition) is 3. The summed E-state index contributed by atoms with van der Waals surface area (Å²) >= 11 is 14.3. The van der Waals surface area contributed by atoms with Gasteiger partial charge in [0, 0.05) is 14.1 Å². The first-order valence-corrected chi connectivity index (χ1v) is 6.21. The van der Waals surface area contributed by atoms with Crippen LogP contribution in [0.4, 0.5) is 0 Å². The van der Waals surface area contributed by atoms with Gasteiger partial charge in [-0.3, -0.25) is 0 Å². The van der Waals surface area contributed by atoms with Crippen LogP contribution in [0.3, 0.4) is 0 Å². The monoisotopic (exact) mass is 280 g/mol. The second kappa shape index (κ2) is 20.2. The second-order valence-electron chi connectivity index (χ2n) is 2.60. The predicted molar refractivity (Wildman–Crippen MR) is 70.7 cm³/mol. The summed E-state index contributed by atoms with van der Waals surface area (Å²) in [6.07, 6.45) is 0. The molecule has 6 heteroatoms. The molecule has 0 rings (SSSR count). The Morgan fingerprint density at radius 1 is 0.933 bits per heavy atom. The second-order valence-corrected chi connectivity index (χ2v) is 3.55. The average molecular weight is 282 g/mol. The molecule has 0 aromatic heterocycles. The van der Waals surface area contributed by atoms with Gasteiger partial charge in [-0.05, 0) is 19.6 Å². The summed E-state index contributed by atoms with van der Waals surface area (Å²) in [4.78, 5) is 2.38. The lowest BCUT2D eigenvalue weighted by Gasteiger charge is -2.13. The molecule has 15 heavy (non-hydrogen) atoms. The first-order chi connectivity index (χ1) is 7.03. The molecule has 0 bridgehead atoms. The highest BCUT2D eigenvalue weighted by atomic mass is 35.5. The molecular weight excluding hydrogens is 258 g/mol. The topological polar surface area (TPSA) is 15.7 Å². The van der Waals surface area contributed by atoms with E-state index in [0.717, 1.165) is 0 Å². The van der Waals surface area contributed by atoms with Gasteiger partial charge in [0.05, 0.1) is 17.2 Å². The quantitative estimate of drug-likeness (QED) is 0.580. The molecule has 0 atom stereocenters. The van der Waals surface area contributed by atoms with Gasteiger partial charge in [0.25, 0.3) is 0 Å². The van der Waals surface area contributed by atoms with Crippen LogP contribution in [-0.4, -0.2) is 49.0 Å². The molecule has 3 nitrogen and oxygen atoms in total. The van der Waals surface area contributed by atoms with Crippen LogP contribution < -0.4 is 0 Å². The molecule has 96 valence electrons. The number of alkyl halides is 2. The van der Waals surface area contributed by atoms with E-state index in [1.54, 1.807) is 14.1 Å². The normalized spacial score (nSPS) is 9.20. The Morgan fingerprint density at radius 2 is 1.13 bits per heavy atom. The molecule has 0 unspecified atom stereocenters. The predicted octanol–water partition coefficient (Wildman–Crippen LogP) is 3.40. The van der Waals surface area contributed by atoms with Gasteiger partial charge in [0.1, 0.15) is 0 Å². The molecule has 0 radical (unpaired) electrons. The Hall–Kier alpha value is 0.750. The van der Waals surface area contributed by atoms with Crippen LogP contribution in [0.5, 0.6) is 0 Å². The summed E-state index contributed by atoms with van der Waals surface area (Å²) in [6.45, 7) is 10.1. The maximum atomic E-state index is 4.76. The number of rotatable bonds is 4. The molecule has 0 saturated heterocycles. The van der Waals surface area contributed by atoms with Gasteiger partial charge in [-0.25, -0.2) is 0 Å². The summed E-state index contributed by atoms with van der Waals surface area (Å²) < 4.78 is 4.06. The average Bonchev–Trinajstić information content (AvgIpc) is 2.22. The zero-order chi connectivity index (χ0) is 12.7. The molecule has 0 aliphatic heterocycles. The number of halogens is 3. The van der Waals surface area contributed by atoms with E-state index in [1.165, 1.54) is 24.7 Å². The fraction of sp³-hybridized carbons (Fsp3) is 1.00. The minimum absolute atomic E-state index is 0.194. The molecule has 0 aliphatic carbocycles. The lowest BCUT2D eigenvalue weighted by atomic mass is 10.5. The molecule has 0 N–H and O–H groups in total. The Labute approximate surface area is 109 Å². The smallest absolute Gasteiger partial charge is 0.0967 e. The van der Waals surface area contributed by atoms with E-state index >= 15 is 0 Å². The summed E-state index contributed by atoms with van der Waals surface area (Å²) in [5, 5.41) is 1.58. The van der Waals surface area contributed by atoms with E-state index in [1.807, 2.05) is 0 Å². The molecule has 0 fully saturated rings. The molecule has 0 heterocycles. The van der Waals surface area contributed by atoms with Gasteiger partial charge in [-0.15, -0.1) is 23.2 Å². The Bertz CT molecular complexity index is 87.9. The minimum atomic E-state index is 0.194. The fourth-order valence-electron chi connectivity index (χ4n) is 0.671. The number of hydrogen-bond donors (Lipinski definition) is 0. The highest BCUT2D eigenvalue weighted by Crippen LogP contribution is 1.81. The first kappa shape index (κ1) is 21.1. The third kappa shape index (κ3) is 31.3. The zero-order valence-corrected chi connectivity index (χ0v) is 12.5. The van der Waals surface area contributed by atoms with Crippen molar-refractivity contribution in [1.82, 2.24) is 9.96 Å². The molecule has 0 spiro atoms. The maximum Gasteiger partial charge on any atom is 0.0967 e. The van der Waals surface area contributed by atoms with Crippen molar-refractivity contribution >= 4 is 35.1 Å². The van der Waals surface area contributed by atoms with Crippen LogP contribution in [0, 0.1) is 0 Å². The van der Waals surface area contributed by atoms with Gasteiger partial charge < -0.3 is 4.90 Å². The number of nitrogens with zero attached hydrogens (tertiary/aromatic N) is 2. The summed E-state index contributed by atoms with van der Waals surface area (Å²) in [7, 11) is 3.40. The van der Waals surface area contributed by atoms with Crippen molar-refractivity contribution in [3.8, 4) is 0 Å². The highest BCUT2D eigenvalue weighted by Gasteiger charge is 1.89. The Balaban J connectivity index is -0.000000158.